The molecule has 15 heavy (non-hydrogen) atoms. The van der Waals surface area contributed by atoms with Crippen molar-refractivity contribution in [1.29, 1.82) is 0 Å². The molecule has 0 unspecified atom stereocenters. The normalized spacial score (nSPS) is 10.1. The molecule has 0 aromatic carbocycles. The Labute approximate surface area is 87.8 Å². The van der Waals surface area contributed by atoms with E-state index in [0.717, 1.165) is 0 Å². The highest BCUT2D eigenvalue weighted by Gasteiger charge is 2.09. The molecule has 5 heteroatoms. The number of hydrogen-bond donors (Lipinski definition) is 2. The lowest BCUT2D eigenvalue weighted by atomic mass is 10.1. The van der Waals surface area contributed by atoms with Gasteiger partial charge in [-0.25, -0.2) is 0 Å². The summed E-state index contributed by atoms with van der Waals surface area (Å²) in [6.07, 6.45) is 1.77. The topological polar surface area (TPSA) is 71.3 Å². The molecule has 1 aromatic heterocycles. The zero-order valence-corrected chi connectivity index (χ0v) is 8.74. The number of hydrazine groups is 1. The van der Waals surface area contributed by atoms with Gasteiger partial charge in [-0.1, -0.05) is 13.8 Å². The SMILES string of the molecule is CC(C)CC(=O)NNC(=O)c1ccco1. The third kappa shape index (κ3) is 3.84. The van der Waals surface area contributed by atoms with E-state index in [-0.39, 0.29) is 17.6 Å². The minimum Gasteiger partial charge on any atom is -0.459 e. The van der Waals surface area contributed by atoms with Crippen LogP contribution in [0.15, 0.2) is 22.8 Å². The van der Waals surface area contributed by atoms with Gasteiger partial charge in [0.05, 0.1) is 6.26 Å². The number of carbonyl (C=O) groups excluding carboxylic acids is 2. The van der Waals surface area contributed by atoms with Gasteiger partial charge in [0.25, 0.3) is 0 Å². The zero-order valence-electron chi connectivity index (χ0n) is 8.74. The predicted molar refractivity (Wildman–Crippen MR) is 53.8 cm³/mol. The Kier molecular flexibility index (Phi) is 3.91. The average molecular weight is 210 g/mol. The first-order valence-corrected chi connectivity index (χ1v) is 4.72. The quantitative estimate of drug-likeness (QED) is 0.733. The number of carbonyl (C=O) groups is 2. The Balaban J connectivity index is 2.32. The fourth-order valence-corrected chi connectivity index (χ4v) is 1.02. The maximum Gasteiger partial charge on any atom is 0.305 e. The van der Waals surface area contributed by atoms with E-state index in [4.69, 9.17) is 4.42 Å². The van der Waals surface area contributed by atoms with Crippen LogP contribution in [0.25, 0.3) is 0 Å². The van der Waals surface area contributed by atoms with Gasteiger partial charge in [-0.2, -0.15) is 0 Å². The van der Waals surface area contributed by atoms with Crippen LogP contribution in [0.1, 0.15) is 30.8 Å². The average Bonchev–Trinajstić information content (AvgIpc) is 2.65. The lowest BCUT2D eigenvalue weighted by Crippen LogP contribution is -2.41. The second-order valence-electron chi connectivity index (χ2n) is 3.58. The Morgan fingerprint density at radius 1 is 1.40 bits per heavy atom. The second-order valence-corrected chi connectivity index (χ2v) is 3.58. The monoisotopic (exact) mass is 210 g/mol. The van der Waals surface area contributed by atoms with Crippen molar-refractivity contribution in [2.75, 3.05) is 0 Å². The Hall–Kier alpha value is -1.78. The number of amides is 2. The van der Waals surface area contributed by atoms with Crippen LogP contribution in [0.5, 0.6) is 0 Å². The molecular formula is C10H14N2O3. The van der Waals surface area contributed by atoms with E-state index in [2.05, 4.69) is 10.9 Å². The molecule has 0 aliphatic carbocycles. The van der Waals surface area contributed by atoms with Gasteiger partial charge in [0.15, 0.2) is 5.76 Å². The first kappa shape index (κ1) is 11.3. The molecule has 1 heterocycles. The van der Waals surface area contributed by atoms with E-state index in [0.29, 0.717) is 6.42 Å². The maximum absolute atomic E-state index is 11.3. The highest BCUT2D eigenvalue weighted by atomic mass is 16.3. The van der Waals surface area contributed by atoms with Crippen LogP contribution in [-0.4, -0.2) is 11.8 Å². The van der Waals surface area contributed by atoms with Crippen molar-refractivity contribution >= 4 is 11.8 Å². The molecule has 0 radical (unpaired) electrons. The second kappa shape index (κ2) is 5.19. The van der Waals surface area contributed by atoms with Crippen LogP contribution in [0.4, 0.5) is 0 Å². The van der Waals surface area contributed by atoms with E-state index in [1.807, 2.05) is 13.8 Å². The molecule has 1 aromatic rings. The van der Waals surface area contributed by atoms with Gasteiger partial charge in [0, 0.05) is 6.42 Å². The van der Waals surface area contributed by atoms with Crippen LogP contribution in [0, 0.1) is 5.92 Å². The molecule has 0 aliphatic rings. The van der Waals surface area contributed by atoms with Crippen molar-refractivity contribution in [3.63, 3.8) is 0 Å². The van der Waals surface area contributed by atoms with Crippen molar-refractivity contribution in [2.45, 2.75) is 20.3 Å². The smallest absolute Gasteiger partial charge is 0.305 e. The van der Waals surface area contributed by atoms with Gasteiger partial charge in [-0.3, -0.25) is 20.4 Å². The number of rotatable bonds is 3. The van der Waals surface area contributed by atoms with E-state index in [1.54, 1.807) is 6.07 Å². The number of hydrogen-bond acceptors (Lipinski definition) is 3. The van der Waals surface area contributed by atoms with Crippen molar-refractivity contribution in [1.82, 2.24) is 10.9 Å². The fourth-order valence-electron chi connectivity index (χ4n) is 1.02. The Morgan fingerprint density at radius 3 is 2.67 bits per heavy atom. The van der Waals surface area contributed by atoms with Crippen LogP contribution in [-0.2, 0) is 4.79 Å². The van der Waals surface area contributed by atoms with Gasteiger partial charge < -0.3 is 4.42 Å². The zero-order chi connectivity index (χ0) is 11.3. The summed E-state index contributed by atoms with van der Waals surface area (Å²) in [6.45, 7) is 3.85. The molecule has 0 aliphatic heterocycles. The largest absolute Gasteiger partial charge is 0.459 e. The third-order valence-corrected chi connectivity index (χ3v) is 1.65. The van der Waals surface area contributed by atoms with Crippen LogP contribution in [0.3, 0.4) is 0 Å². The molecule has 0 saturated carbocycles. The molecule has 82 valence electrons. The van der Waals surface area contributed by atoms with Crippen LogP contribution < -0.4 is 10.9 Å². The van der Waals surface area contributed by atoms with Crippen LogP contribution in [0.2, 0.25) is 0 Å². The summed E-state index contributed by atoms with van der Waals surface area (Å²) in [4.78, 5) is 22.4. The molecule has 0 bridgehead atoms. The van der Waals surface area contributed by atoms with Crippen molar-refractivity contribution in [2.24, 2.45) is 5.92 Å². The fraction of sp³-hybridized carbons (Fsp3) is 0.400. The Morgan fingerprint density at radius 2 is 2.13 bits per heavy atom. The summed E-state index contributed by atoms with van der Waals surface area (Å²) in [5, 5.41) is 0. The summed E-state index contributed by atoms with van der Waals surface area (Å²) in [5.41, 5.74) is 4.56. The summed E-state index contributed by atoms with van der Waals surface area (Å²) in [6, 6.07) is 3.12. The first-order chi connectivity index (χ1) is 7.09. The van der Waals surface area contributed by atoms with Gasteiger partial charge in [-0.15, -0.1) is 0 Å². The molecule has 0 saturated heterocycles. The number of furan rings is 1. The van der Waals surface area contributed by atoms with Crippen molar-refractivity contribution in [3.05, 3.63) is 24.2 Å². The molecule has 0 atom stereocenters. The molecule has 2 amide bonds. The molecule has 5 nitrogen and oxygen atoms in total. The predicted octanol–water partition coefficient (Wildman–Crippen LogP) is 1.09. The maximum atomic E-state index is 11.3. The van der Waals surface area contributed by atoms with Gasteiger partial charge in [0.1, 0.15) is 0 Å². The third-order valence-electron chi connectivity index (χ3n) is 1.65. The number of nitrogens with one attached hydrogen (secondary N) is 2. The van der Waals surface area contributed by atoms with E-state index in [9.17, 15) is 9.59 Å². The molecular weight excluding hydrogens is 196 g/mol. The van der Waals surface area contributed by atoms with E-state index >= 15 is 0 Å². The van der Waals surface area contributed by atoms with E-state index < -0.39 is 5.91 Å². The first-order valence-electron chi connectivity index (χ1n) is 4.72. The summed E-state index contributed by atoms with van der Waals surface area (Å²) >= 11 is 0. The van der Waals surface area contributed by atoms with Gasteiger partial charge in [-0.05, 0) is 18.1 Å². The standard InChI is InChI=1S/C10H14N2O3/c1-7(2)6-9(13)11-12-10(14)8-4-3-5-15-8/h3-5,7H,6H2,1-2H3,(H,11,13)(H,12,14). The van der Waals surface area contributed by atoms with E-state index in [1.165, 1.54) is 12.3 Å². The van der Waals surface area contributed by atoms with Crippen molar-refractivity contribution in [3.8, 4) is 0 Å². The summed E-state index contributed by atoms with van der Waals surface area (Å²) < 4.78 is 4.85. The summed E-state index contributed by atoms with van der Waals surface area (Å²) in [5.74, 6) is -0.257. The van der Waals surface area contributed by atoms with Gasteiger partial charge >= 0.3 is 5.91 Å². The van der Waals surface area contributed by atoms with Gasteiger partial charge in [0.2, 0.25) is 5.91 Å². The Bertz CT molecular complexity index is 330. The highest BCUT2D eigenvalue weighted by Crippen LogP contribution is 1.99. The molecule has 0 fully saturated rings. The molecule has 1 rings (SSSR count). The lowest BCUT2D eigenvalue weighted by molar-refractivity contribution is -0.122. The molecule has 2 N–H and O–H groups in total. The lowest BCUT2D eigenvalue weighted by Gasteiger charge is -2.07. The van der Waals surface area contributed by atoms with Crippen molar-refractivity contribution < 1.29 is 14.0 Å². The highest BCUT2D eigenvalue weighted by molar-refractivity contribution is 5.92. The minimum absolute atomic E-state index is 0.167. The van der Waals surface area contributed by atoms with Crippen LogP contribution >= 0.6 is 0 Å². The molecule has 0 spiro atoms. The summed E-state index contributed by atoms with van der Waals surface area (Å²) in [7, 11) is 0. The minimum atomic E-state index is -0.461.